The van der Waals surface area contributed by atoms with Crippen LogP contribution >= 0.6 is 0 Å². The molecule has 0 aliphatic carbocycles. The van der Waals surface area contributed by atoms with Crippen LogP contribution in [0.2, 0.25) is 0 Å². The highest BCUT2D eigenvalue weighted by atomic mass is 19.1. The summed E-state index contributed by atoms with van der Waals surface area (Å²) in [6.45, 7) is 0.865. The van der Waals surface area contributed by atoms with Gasteiger partial charge in [0.15, 0.2) is 17.3 Å². The minimum Gasteiger partial charge on any atom is -0.497 e. The van der Waals surface area contributed by atoms with Crippen molar-refractivity contribution in [1.82, 2.24) is 19.6 Å². The Hall–Kier alpha value is -3.68. The van der Waals surface area contributed by atoms with Gasteiger partial charge in [0.25, 0.3) is 0 Å². The van der Waals surface area contributed by atoms with Crippen molar-refractivity contribution in [1.29, 1.82) is 0 Å². The summed E-state index contributed by atoms with van der Waals surface area (Å²) in [6, 6.07) is 12.7. The highest BCUT2D eigenvalue weighted by molar-refractivity contribution is 5.65. The van der Waals surface area contributed by atoms with Gasteiger partial charge >= 0.3 is 0 Å². The van der Waals surface area contributed by atoms with Gasteiger partial charge in [-0.2, -0.15) is 5.10 Å². The van der Waals surface area contributed by atoms with E-state index in [1.165, 1.54) is 12.1 Å². The Morgan fingerprint density at radius 2 is 1.79 bits per heavy atom. The molecule has 1 aliphatic rings. The van der Waals surface area contributed by atoms with E-state index in [0.29, 0.717) is 12.2 Å². The summed E-state index contributed by atoms with van der Waals surface area (Å²) in [5, 5.41) is 4.69. The Bertz CT molecular complexity index is 1240. The molecule has 0 amide bonds. The summed E-state index contributed by atoms with van der Waals surface area (Å²) in [5.74, 6) is 2.72. The standard InChI is InChI=1S/C25H26FN5O2/c1-32-20-13-17(14-21(16-20)33-2)15-23-28-25-24(27-10-12-31(25)29-23)30-11-4-3-5-22(30)18-6-8-19(26)9-7-18/h6-10,12-14,16,22H,3-5,11,15H2,1-2H3. The molecule has 3 heterocycles. The SMILES string of the molecule is COc1cc(Cc2nc3c(N4CCCCC4c4ccc(F)cc4)nccn3n2)cc(OC)c1. The summed E-state index contributed by atoms with van der Waals surface area (Å²) in [4.78, 5) is 11.8. The molecule has 0 N–H and O–H groups in total. The van der Waals surface area contributed by atoms with E-state index >= 15 is 0 Å². The largest absolute Gasteiger partial charge is 0.497 e. The van der Waals surface area contributed by atoms with E-state index in [4.69, 9.17) is 19.6 Å². The topological polar surface area (TPSA) is 64.8 Å². The van der Waals surface area contributed by atoms with Gasteiger partial charge < -0.3 is 14.4 Å². The Balaban J connectivity index is 1.49. The van der Waals surface area contributed by atoms with E-state index in [9.17, 15) is 4.39 Å². The van der Waals surface area contributed by atoms with Crippen molar-refractivity contribution in [3.05, 3.63) is 77.6 Å². The zero-order valence-corrected chi connectivity index (χ0v) is 18.7. The number of nitrogens with zero attached hydrogens (tertiary/aromatic N) is 5. The number of piperidine rings is 1. The van der Waals surface area contributed by atoms with Crippen LogP contribution in [0.5, 0.6) is 11.5 Å². The van der Waals surface area contributed by atoms with Crippen molar-refractivity contribution in [3.63, 3.8) is 0 Å². The van der Waals surface area contributed by atoms with E-state index in [2.05, 4.69) is 9.88 Å². The molecule has 4 aromatic rings. The number of ether oxygens (including phenoxy) is 2. The second kappa shape index (κ2) is 9.05. The van der Waals surface area contributed by atoms with Crippen molar-refractivity contribution in [2.24, 2.45) is 0 Å². The Morgan fingerprint density at radius 3 is 2.52 bits per heavy atom. The molecule has 8 heteroatoms. The van der Waals surface area contributed by atoms with Crippen molar-refractivity contribution in [3.8, 4) is 11.5 Å². The molecule has 1 aliphatic heterocycles. The third-order valence-corrected chi connectivity index (χ3v) is 6.08. The Kier molecular flexibility index (Phi) is 5.81. The van der Waals surface area contributed by atoms with Gasteiger partial charge in [-0.05, 0) is 54.7 Å². The van der Waals surface area contributed by atoms with E-state index < -0.39 is 0 Å². The van der Waals surface area contributed by atoms with Gasteiger partial charge in [-0.15, -0.1) is 0 Å². The van der Waals surface area contributed by atoms with Crippen LogP contribution in [-0.2, 0) is 6.42 Å². The Morgan fingerprint density at radius 1 is 1.03 bits per heavy atom. The lowest BCUT2D eigenvalue weighted by Gasteiger charge is -2.36. The van der Waals surface area contributed by atoms with Crippen LogP contribution in [0, 0.1) is 5.82 Å². The fourth-order valence-corrected chi connectivity index (χ4v) is 4.49. The van der Waals surface area contributed by atoms with E-state index in [1.807, 2.05) is 36.5 Å². The zero-order valence-electron chi connectivity index (χ0n) is 18.7. The lowest BCUT2D eigenvalue weighted by Crippen LogP contribution is -2.34. The first-order chi connectivity index (χ1) is 16.1. The highest BCUT2D eigenvalue weighted by Crippen LogP contribution is 2.35. The molecule has 170 valence electrons. The van der Waals surface area contributed by atoms with Gasteiger partial charge in [0.1, 0.15) is 17.3 Å². The molecule has 5 rings (SSSR count). The first-order valence-electron chi connectivity index (χ1n) is 11.1. The number of benzene rings is 2. The van der Waals surface area contributed by atoms with Crippen LogP contribution in [0.25, 0.3) is 5.65 Å². The molecule has 0 bridgehead atoms. The predicted molar refractivity (Wildman–Crippen MR) is 123 cm³/mol. The number of hydrogen-bond donors (Lipinski definition) is 0. The fourth-order valence-electron chi connectivity index (χ4n) is 4.49. The van der Waals surface area contributed by atoms with Crippen molar-refractivity contribution >= 4 is 11.5 Å². The van der Waals surface area contributed by atoms with Gasteiger partial charge in [0.05, 0.1) is 20.3 Å². The van der Waals surface area contributed by atoms with Crippen LogP contribution in [-0.4, -0.2) is 40.3 Å². The molecule has 1 fully saturated rings. The van der Waals surface area contributed by atoms with Crippen LogP contribution in [0.15, 0.2) is 54.9 Å². The summed E-state index contributed by atoms with van der Waals surface area (Å²) in [6.07, 6.45) is 7.29. The molecule has 1 atom stereocenters. The number of rotatable bonds is 6. The van der Waals surface area contributed by atoms with Gasteiger partial charge in [-0.1, -0.05) is 12.1 Å². The average Bonchev–Trinajstić information content (AvgIpc) is 3.26. The number of methoxy groups -OCH3 is 2. The summed E-state index contributed by atoms with van der Waals surface area (Å²) >= 11 is 0. The second-order valence-corrected chi connectivity index (χ2v) is 8.20. The molecule has 33 heavy (non-hydrogen) atoms. The molecular formula is C25H26FN5O2. The van der Waals surface area contributed by atoms with E-state index in [-0.39, 0.29) is 11.9 Å². The third kappa shape index (κ3) is 4.33. The van der Waals surface area contributed by atoms with Gasteiger partial charge in [-0.25, -0.2) is 18.9 Å². The number of aromatic nitrogens is 4. The van der Waals surface area contributed by atoms with Crippen LogP contribution < -0.4 is 14.4 Å². The zero-order chi connectivity index (χ0) is 22.8. The minimum atomic E-state index is -0.224. The maximum Gasteiger partial charge on any atom is 0.198 e. The van der Waals surface area contributed by atoms with Gasteiger partial charge in [0.2, 0.25) is 0 Å². The molecule has 0 radical (unpaired) electrons. The summed E-state index contributed by atoms with van der Waals surface area (Å²) in [7, 11) is 3.27. The highest BCUT2D eigenvalue weighted by Gasteiger charge is 2.27. The van der Waals surface area contributed by atoms with Gasteiger partial charge in [0, 0.05) is 31.4 Å². The quantitative estimate of drug-likeness (QED) is 0.430. The number of fused-ring (bicyclic) bond motifs is 1. The first-order valence-corrected chi connectivity index (χ1v) is 11.1. The number of hydrogen-bond acceptors (Lipinski definition) is 6. The Labute approximate surface area is 191 Å². The molecule has 1 saturated heterocycles. The molecule has 2 aromatic carbocycles. The van der Waals surface area contributed by atoms with Crippen LogP contribution in [0.1, 0.15) is 42.3 Å². The fraction of sp³-hybridized carbons (Fsp3) is 0.320. The van der Waals surface area contributed by atoms with Crippen LogP contribution in [0.4, 0.5) is 10.2 Å². The second-order valence-electron chi connectivity index (χ2n) is 8.20. The van der Waals surface area contributed by atoms with Gasteiger partial charge in [-0.3, -0.25) is 0 Å². The smallest absolute Gasteiger partial charge is 0.198 e. The molecule has 0 saturated carbocycles. The molecular weight excluding hydrogens is 421 g/mol. The van der Waals surface area contributed by atoms with Crippen molar-refractivity contribution in [2.45, 2.75) is 31.7 Å². The van der Waals surface area contributed by atoms with E-state index in [0.717, 1.165) is 59.9 Å². The van der Waals surface area contributed by atoms with Crippen molar-refractivity contribution in [2.75, 3.05) is 25.7 Å². The van der Waals surface area contributed by atoms with E-state index in [1.54, 1.807) is 24.9 Å². The summed E-state index contributed by atoms with van der Waals surface area (Å²) < 4.78 is 26.1. The summed E-state index contributed by atoms with van der Waals surface area (Å²) in [5.41, 5.74) is 2.80. The molecule has 1 unspecified atom stereocenters. The average molecular weight is 448 g/mol. The van der Waals surface area contributed by atoms with Crippen LogP contribution in [0.3, 0.4) is 0 Å². The number of anilines is 1. The maximum absolute atomic E-state index is 13.5. The lowest BCUT2D eigenvalue weighted by atomic mass is 9.95. The third-order valence-electron chi connectivity index (χ3n) is 6.08. The van der Waals surface area contributed by atoms with Crippen molar-refractivity contribution < 1.29 is 13.9 Å². The molecule has 2 aromatic heterocycles. The monoisotopic (exact) mass is 447 g/mol. The number of halogens is 1. The molecule has 0 spiro atoms. The molecule has 7 nitrogen and oxygen atoms in total. The maximum atomic E-state index is 13.5. The first kappa shape index (κ1) is 21.2. The predicted octanol–water partition coefficient (Wildman–Crippen LogP) is 4.60. The minimum absolute atomic E-state index is 0.126. The normalized spacial score (nSPS) is 16.2. The lowest BCUT2D eigenvalue weighted by molar-refractivity contribution is 0.393.